The number of hydrogen-bond acceptors (Lipinski definition) is 4. The predicted molar refractivity (Wildman–Crippen MR) is 110 cm³/mol. The summed E-state index contributed by atoms with van der Waals surface area (Å²) in [6.07, 6.45) is 6.71. The number of nitrogens with one attached hydrogen (secondary N) is 1. The smallest absolute Gasteiger partial charge is 0.266 e. The van der Waals surface area contributed by atoms with Crippen LogP contribution in [0.5, 0.6) is 0 Å². The molecule has 1 N–H and O–H groups in total. The minimum atomic E-state index is -0.132. The molecule has 27 heavy (non-hydrogen) atoms. The number of thiazole rings is 1. The maximum Gasteiger partial charge on any atom is 0.266 e. The Bertz CT molecular complexity index is 790. The Morgan fingerprint density at radius 3 is 2.85 bits per heavy atom. The number of carbonyl (C=O) groups excluding carboxylic acids is 1. The lowest BCUT2D eigenvalue weighted by molar-refractivity contribution is 0.0430. The van der Waals surface area contributed by atoms with Crippen molar-refractivity contribution in [3.05, 3.63) is 52.0 Å². The lowest BCUT2D eigenvalue weighted by atomic mass is 9.83. The van der Waals surface area contributed by atoms with Crippen LogP contribution >= 0.6 is 11.3 Å². The number of nitrogens with zero attached hydrogens (tertiary/aromatic N) is 2. The molecule has 1 aromatic heterocycles. The molecule has 1 aromatic carbocycles. The summed E-state index contributed by atoms with van der Waals surface area (Å²) in [6.45, 7) is 5.09. The molecule has 144 valence electrons. The number of aromatic nitrogens is 1. The summed E-state index contributed by atoms with van der Waals surface area (Å²) in [5.41, 5.74) is 3.88. The largest absolute Gasteiger partial charge is 0.331 e. The van der Waals surface area contributed by atoms with Gasteiger partial charge >= 0.3 is 0 Å². The molecule has 5 heteroatoms. The molecular weight excluding hydrogens is 354 g/mol. The fourth-order valence-corrected chi connectivity index (χ4v) is 5.65. The van der Waals surface area contributed by atoms with Crippen LogP contribution in [0.4, 0.5) is 0 Å². The average Bonchev–Trinajstić information content (AvgIpc) is 3.20. The first-order valence-corrected chi connectivity index (χ1v) is 11.0. The van der Waals surface area contributed by atoms with Crippen LogP contribution < -0.4 is 5.32 Å². The minimum Gasteiger partial charge on any atom is -0.331 e. The van der Waals surface area contributed by atoms with Gasteiger partial charge in [-0.2, -0.15) is 0 Å². The topological polar surface area (TPSA) is 45.2 Å². The standard InChI is InChI=1S/C22H29N3OS/c1-16-20(27-15-23-16)21(26)25-12-8-4-7-11-19-22(25,2)14-18(24-19)13-17-9-5-3-6-10-17/h3,5-6,9-10,15,18-19,24H,4,7-8,11-14H2,1-2H3/t18-,19+,22+/m1/s1. The summed E-state index contributed by atoms with van der Waals surface area (Å²) in [6, 6.07) is 11.5. The Morgan fingerprint density at radius 2 is 2.11 bits per heavy atom. The van der Waals surface area contributed by atoms with E-state index in [1.54, 1.807) is 5.51 Å². The molecule has 4 nitrogen and oxygen atoms in total. The highest BCUT2D eigenvalue weighted by atomic mass is 32.1. The van der Waals surface area contributed by atoms with E-state index in [4.69, 9.17) is 0 Å². The number of fused-ring (bicyclic) bond motifs is 1. The normalized spacial score (nSPS) is 28.4. The lowest BCUT2D eigenvalue weighted by Crippen LogP contribution is -2.57. The van der Waals surface area contributed by atoms with Gasteiger partial charge in [-0.05, 0) is 45.1 Å². The second-order valence-electron chi connectivity index (χ2n) is 8.24. The van der Waals surface area contributed by atoms with Crippen molar-refractivity contribution < 1.29 is 4.79 Å². The third-order valence-corrected chi connectivity index (χ3v) is 7.26. The molecule has 0 spiro atoms. The first kappa shape index (κ1) is 18.6. The molecule has 2 fully saturated rings. The van der Waals surface area contributed by atoms with Crippen molar-refractivity contribution in [2.75, 3.05) is 6.54 Å². The van der Waals surface area contributed by atoms with Gasteiger partial charge in [-0.3, -0.25) is 4.79 Å². The summed E-state index contributed by atoms with van der Waals surface area (Å²) in [4.78, 5) is 20.7. The Kier molecular flexibility index (Phi) is 5.33. The van der Waals surface area contributed by atoms with Gasteiger partial charge in [0.25, 0.3) is 5.91 Å². The van der Waals surface area contributed by atoms with Crippen LogP contribution in [-0.2, 0) is 6.42 Å². The van der Waals surface area contributed by atoms with Crippen LogP contribution in [0, 0.1) is 6.92 Å². The van der Waals surface area contributed by atoms with Crippen molar-refractivity contribution in [1.82, 2.24) is 15.2 Å². The fraction of sp³-hybridized carbons (Fsp3) is 0.545. The molecule has 0 saturated carbocycles. The van der Waals surface area contributed by atoms with E-state index in [1.165, 1.54) is 29.7 Å². The summed E-state index contributed by atoms with van der Waals surface area (Å²) in [5.74, 6) is 0.173. The Balaban J connectivity index is 1.59. The minimum absolute atomic E-state index is 0.132. The van der Waals surface area contributed by atoms with E-state index in [2.05, 4.69) is 52.5 Å². The average molecular weight is 384 g/mol. The van der Waals surface area contributed by atoms with Gasteiger partial charge in [0.05, 0.1) is 16.7 Å². The van der Waals surface area contributed by atoms with Gasteiger partial charge < -0.3 is 10.2 Å². The van der Waals surface area contributed by atoms with Crippen molar-refractivity contribution in [3.8, 4) is 0 Å². The van der Waals surface area contributed by atoms with Gasteiger partial charge in [-0.25, -0.2) is 4.98 Å². The first-order chi connectivity index (χ1) is 13.1. The molecule has 4 rings (SSSR count). The number of rotatable bonds is 3. The molecule has 2 aromatic rings. The summed E-state index contributed by atoms with van der Waals surface area (Å²) in [7, 11) is 0. The van der Waals surface area contributed by atoms with Crippen molar-refractivity contribution in [3.63, 3.8) is 0 Å². The molecular formula is C22H29N3OS. The maximum atomic E-state index is 13.4. The zero-order valence-corrected chi connectivity index (χ0v) is 17.1. The molecule has 3 atom stereocenters. The van der Waals surface area contributed by atoms with E-state index in [0.717, 1.165) is 42.8 Å². The monoisotopic (exact) mass is 383 g/mol. The molecule has 2 saturated heterocycles. The SMILES string of the molecule is Cc1ncsc1C(=O)N1CCCCC[C@@H]2N[C@H](Cc3ccccc3)C[C@@]21C. The van der Waals surface area contributed by atoms with Gasteiger partial charge in [0, 0.05) is 18.6 Å². The molecule has 0 unspecified atom stereocenters. The second kappa shape index (κ2) is 7.72. The van der Waals surface area contributed by atoms with E-state index in [9.17, 15) is 4.79 Å². The summed E-state index contributed by atoms with van der Waals surface area (Å²) in [5, 5.41) is 3.89. The third-order valence-electron chi connectivity index (χ3n) is 6.35. The third kappa shape index (κ3) is 3.67. The van der Waals surface area contributed by atoms with Crippen molar-refractivity contribution in [1.29, 1.82) is 0 Å². The highest BCUT2D eigenvalue weighted by Crippen LogP contribution is 2.38. The predicted octanol–water partition coefficient (Wildman–Crippen LogP) is 4.20. The highest BCUT2D eigenvalue weighted by Gasteiger charge is 2.49. The van der Waals surface area contributed by atoms with Gasteiger partial charge in [0.15, 0.2) is 0 Å². The Labute approximate surface area is 166 Å². The van der Waals surface area contributed by atoms with E-state index in [0.29, 0.717) is 12.1 Å². The van der Waals surface area contributed by atoms with Crippen molar-refractivity contribution in [2.24, 2.45) is 0 Å². The molecule has 2 aliphatic heterocycles. The number of hydrogen-bond donors (Lipinski definition) is 1. The van der Waals surface area contributed by atoms with Gasteiger partial charge in [-0.1, -0.05) is 43.2 Å². The van der Waals surface area contributed by atoms with E-state index in [-0.39, 0.29) is 11.4 Å². The van der Waals surface area contributed by atoms with Gasteiger partial charge in [-0.15, -0.1) is 11.3 Å². The summed E-state index contributed by atoms with van der Waals surface area (Å²) < 4.78 is 0. The molecule has 0 aliphatic carbocycles. The van der Waals surface area contributed by atoms with Gasteiger partial charge in [0.1, 0.15) is 4.88 Å². The zero-order chi connectivity index (χ0) is 18.9. The van der Waals surface area contributed by atoms with Crippen LogP contribution in [0.2, 0.25) is 0 Å². The number of aryl methyl sites for hydroxylation is 1. The van der Waals surface area contributed by atoms with Crippen molar-refractivity contribution >= 4 is 17.2 Å². The Morgan fingerprint density at radius 1 is 1.30 bits per heavy atom. The molecule has 0 radical (unpaired) electrons. The molecule has 0 bridgehead atoms. The number of benzene rings is 1. The number of carbonyl (C=O) groups is 1. The number of amides is 1. The van der Waals surface area contributed by atoms with Crippen molar-refractivity contribution in [2.45, 2.75) is 70.0 Å². The Hall–Kier alpha value is -1.72. The fourth-order valence-electron chi connectivity index (χ4n) is 4.90. The summed E-state index contributed by atoms with van der Waals surface area (Å²) >= 11 is 1.48. The van der Waals surface area contributed by atoms with Crippen LogP contribution in [0.25, 0.3) is 0 Å². The zero-order valence-electron chi connectivity index (χ0n) is 16.3. The molecule has 3 heterocycles. The van der Waals surface area contributed by atoms with Crippen LogP contribution in [0.15, 0.2) is 35.8 Å². The first-order valence-electron chi connectivity index (χ1n) is 10.1. The van der Waals surface area contributed by atoms with Crippen LogP contribution in [-0.4, -0.2) is 40.0 Å². The van der Waals surface area contributed by atoms with Crippen LogP contribution in [0.1, 0.15) is 60.0 Å². The number of likely N-dealkylation sites (tertiary alicyclic amines) is 1. The van der Waals surface area contributed by atoms with E-state index >= 15 is 0 Å². The molecule has 1 amide bonds. The maximum absolute atomic E-state index is 13.4. The quantitative estimate of drug-likeness (QED) is 0.864. The van der Waals surface area contributed by atoms with E-state index < -0.39 is 0 Å². The highest BCUT2D eigenvalue weighted by molar-refractivity contribution is 7.11. The lowest BCUT2D eigenvalue weighted by Gasteiger charge is -2.44. The van der Waals surface area contributed by atoms with E-state index in [1.807, 2.05) is 6.92 Å². The van der Waals surface area contributed by atoms with Crippen LogP contribution in [0.3, 0.4) is 0 Å². The van der Waals surface area contributed by atoms with Gasteiger partial charge in [0.2, 0.25) is 0 Å². The molecule has 2 aliphatic rings. The second-order valence-corrected chi connectivity index (χ2v) is 9.09.